The fourth-order valence-electron chi connectivity index (χ4n) is 1.46. The maximum atomic E-state index is 6.00. The molecule has 0 spiro atoms. The van der Waals surface area contributed by atoms with Crippen LogP contribution in [0.15, 0.2) is 23.8 Å². The van der Waals surface area contributed by atoms with Crippen LogP contribution in [0.3, 0.4) is 0 Å². The zero-order valence-corrected chi connectivity index (χ0v) is 15.3. The molecular weight excluding hydrogens is 318 g/mol. The minimum atomic E-state index is 0.576. The number of rotatable bonds is 3. The zero-order chi connectivity index (χ0) is 15.4. The Balaban J connectivity index is 0. The van der Waals surface area contributed by atoms with Crippen molar-refractivity contribution < 1.29 is 0 Å². The van der Waals surface area contributed by atoms with Crippen molar-refractivity contribution in [2.75, 3.05) is 5.33 Å². The second kappa shape index (κ2) is 12.8. The summed E-state index contributed by atoms with van der Waals surface area (Å²) in [5.74, 6) is 0. The lowest BCUT2D eigenvalue weighted by Gasteiger charge is -2.12. The van der Waals surface area contributed by atoms with Crippen LogP contribution in [-0.2, 0) is 0 Å². The molecule has 0 atom stereocenters. The Morgan fingerprint density at radius 2 is 1.74 bits per heavy atom. The summed E-state index contributed by atoms with van der Waals surface area (Å²) in [6.07, 6.45) is 0.576. The van der Waals surface area contributed by atoms with Crippen LogP contribution in [0.2, 0.25) is 11.3 Å². The molecule has 0 unspecified atom stereocenters. The standard InChI is InChI=1S/C12H13BBrCl.2C2H6/c1-8-3-4-10(15)5-11(8)12(7-14)9(2)6-13;2*1-2/h3-5H,6-7H2,1-2H3;2*1-2H3/b12-9+;;. The van der Waals surface area contributed by atoms with Crippen LogP contribution in [-0.4, -0.2) is 13.2 Å². The topological polar surface area (TPSA) is 0 Å². The molecule has 0 aliphatic carbocycles. The molecule has 0 aromatic heterocycles. The van der Waals surface area contributed by atoms with E-state index >= 15 is 0 Å². The molecular formula is C16H25BBrCl. The van der Waals surface area contributed by atoms with Gasteiger partial charge in [0, 0.05) is 10.4 Å². The van der Waals surface area contributed by atoms with E-state index in [0.717, 1.165) is 10.4 Å². The molecule has 2 radical (unpaired) electrons. The van der Waals surface area contributed by atoms with Crippen LogP contribution in [0.4, 0.5) is 0 Å². The molecule has 19 heavy (non-hydrogen) atoms. The summed E-state index contributed by atoms with van der Waals surface area (Å²) >= 11 is 9.49. The fourth-order valence-corrected chi connectivity index (χ4v) is 2.41. The monoisotopic (exact) mass is 342 g/mol. The molecule has 1 rings (SSSR count). The average molecular weight is 344 g/mol. The molecule has 0 aliphatic rings. The summed E-state index contributed by atoms with van der Waals surface area (Å²) in [5.41, 5.74) is 4.83. The molecule has 0 saturated heterocycles. The molecule has 0 bridgehead atoms. The van der Waals surface area contributed by atoms with Gasteiger partial charge in [-0.2, -0.15) is 0 Å². The Labute approximate surface area is 134 Å². The minimum absolute atomic E-state index is 0.576. The van der Waals surface area contributed by atoms with E-state index in [1.54, 1.807) is 0 Å². The van der Waals surface area contributed by atoms with Crippen molar-refractivity contribution in [3.8, 4) is 0 Å². The van der Waals surface area contributed by atoms with E-state index in [4.69, 9.17) is 19.4 Å². The van der Waals surface area contributed by atoms with Gasteiger partial charge in [0.15, 0.2) is 0 Å². The first-order valence-corrected chi connectivity index (χ1v) is 8.31. The lowest BCUT2D eigenvalue weighted by Crippen LogP contribution is -1.94. The number of alkyl halides is 1. The maximum Gasteiger partial charge on any atom is 0.0712 e. The third-order valence-corrected chi connectivity index (χ3v) is 3.28. The van der Waals surface area contributed by atoms with Gasteiger partial charge in [-0.25, -0.2) is 0 Å². The van der Waals surface area contributed by atoms with E-state index in [9.17, 15) is 0 Å². The fraction of sp³-hybridized carbons (Fsp3) is 0.500. The van der Waals surface area contributed by atoms with Gasteiger partial charge < -0.3 is 0 Å². The molecule has 3 heteroatoms. The van der Waals surface area contributed by atoms with E-state index in [1.165, 1.54) is 22.3 Å². The minimum Gasteiger partial charge on any atom is -0.0876 e. The van der Waals surface area contributed by atoms with Gasteiger partial charge in [0.05, 0.1) is 7.85 Å². The lowest BCUT2D eigenvalue weighted by atomic mass is 9.90. The van der Waals surface area contributed by atoms with Crippen LogP contribution in [0.5, 0.6) is 0 Å². The van der Waals surface area contributed by atoms with Crippen LogP contribution in [0.1, 0.15) is 45.7 Å². The summed E-state index contributed by atoms with van der Waals surface area (Å²) in [4.78, 5) is 0. The molecule has 0 N–H and O–H groups in total. The van der Waals surface area contributed by atoms with Gasteiger partial charge in [-0.05, 0) is 42.7 Å². The van der Waals surface area contributed by atoms with Crippen LogP contribution in [0.25, 0.3) is 5.57 Å². The van der Waals surface area contributed by atoms with Crippen molar-refractivity contribution in [1.82, 2.24) is 0 Å². The third kappa shape index (κ3) is 7.22. The number of hydrogen-bond donors (Lipinski definition) is 0. The predicted molar refractivity (Wildman–Crippen MR) is 95.8 cm³/mol. The van der Waals surface area contributed by atoms with E-state index in [2.05, 4.69) is 29.8 Å². The average Bonchev–Trinajstić information content (AvgIpc) is 2.47. The van der Waals surface area contributed by atoms with Crippen LogP contribution in [0, 0.1) is 6.92 Å². The van der Waals surface area contributed by atoms with Crippen molar-refractivity contribution in [2.45, 2.75) is 47.9 Å². The Morgan fingerprint density at radius 3 is 2.16 bits per heavy atom. The van der Waals surface area contributed by atoms with Gasteiger partial charge in [0.2, 0.25) is 0 Å². The number of hydrogen-bond acceptors (Lipinski definition) is 0. The van der Waals surface area contributed by atoms with Gasteiger partial charge in [-0.15, -0.1) is 0 Å². The van der Waals surface area contributed by atoms with E-state index in [0.29, 0.717) is 6.32 Å². The quantitative estimate of drug-likeness (QED) is 0.436. The maximum absolute atomic E-state index is 6.00. The third-order valence-electron chi connectivity index (χ3n) is 2.48. The Hall–Kier alpha value is -0.205. The molecule has 1 aromatic carbocycles. The second-order valence-corrected chi connectivity index (χ2v) is 4.55. The summed E-state index contributed by atoms with van der Waals surface area (Å²) in [6.45, 7) is 12.1. The van der Waals surface area contributed by atoms with Gasteiger partial charge in [-0.1, -0.05) is 73.2 Å². The van der Waals surface area contributed by atoms with E-state index < -0.39 is 0 Å². The Bertz CT molecular complexity index is 386. The highest BCUT2D eigenvalue weighted by Gasteiger charge is 2.07. The van der Waals surface area contributed by atoms with Gasteiger partial charge in [0.25, 0.3) is 0 Å². The first-order valence-electron chi connectivity index (χ1n) is 6.81. The van der Waals surface area contributed by atoms with Crippen LogP contribution >= 0.6 is 27.5 Å². The molecule has 0 aliphatic heterocycles. The normalized spacial score (nSPS) is 10.5. The smallest absolute Gasteiger partial charge is 0.0712 e. The largest absolute Gasteiger partial charge is 0.0876 e. The summed E-state index contributed by atoms with van der Waals surface area (Å²) in [6, 6.07) is 5.93. The summed E-state index contributed by atoms with van der Waals surface area (Å²) in [7, 11) is 5.66. The van der Waals surface area contributed by atoms with Crippen molar-refractivity contribution in [3.63, 3.8) is 0 Å². The molecule has 0 nitrogen and oxygen atoms in total. The van der Waals surface area contributed by atoms with E-state index in [-0.39, 0.29) is 0 Å². The second-order valence-electron chi connectivity index (χ2n) is 3.56. The summed E-state index contributed by atoms with van der Waals surface area (Å²) < 4.78 is 0. The first-order chi connectivity index (χ1) is 9.10. The number of halogens is 2. The Kier molecular flexibility index (Phi) is 14.2. The van der Waals surface area contributed by atoms with Crippen molar-refractivity contribution >= 4 is 41.0 Å². The highest BCUT2D eigenvalue weighted by molar-refractivity contribution is 9.09. The molecule has 1 aromatic rings. The van der Waals surface area contributed by atoms with Gasteiger partial charge in [-0.3, -0.25) is 0 Å². The Morgan fingerprint density at radius 1 is 1.21 bits per heavy atom. The van der Waals surface area contributed by atoms with Gasteiger partial charge in [0.1, 0.15) is 0 Å². The highest BCUT2D eigenvalue weighted by atomic mass is 79.9. The van der Waals surface area contributed by atoms with Crippen molar-refractivity contribution in [3.05, 3.63) is 39.9 Å². The molecule has 0 amide bonds. The summed E-state index contributed by atoms with van der Waals surface area (Å²) in [5, 5.41) is 1.57. The van der Waals surface area contributed by atoms with Crippen molar-refractivity contribution in [2.24, 2.45) is 0 Å². The number of benzene rings is 1. The molecule has 0 heterocycles. The SMILES string of the molecule is CC.CC.[B]C/C(C)=C(\CBr)c1cc(Cl)ccc1C. The first kappa shape index (κ1) is 21.1. The number of allylic oxidation sites excluding steroid dienone is 2. The highest BCUT2D eigenvalue weighted by Crippen LogP contribution is 2.27. The zero-order valence-electron chi connectivity index (χ0n) is 13.0. The lowest BCUT2D eigenvalue weighted by molar-refractivity contribution is 1.33. The van der Waals surface area contributed by atoms with Gasteiger partial charge >= 0.3 is 0 Å². The van der Waals surface area contributed by atoms with Crippen molar-refractivity contribution in [1.29, 1.82) is 0 Å². The molecule has 0 saturated carbocycles. The van der Waals surface area contributed by atoms with E-state index in [1.807, 2.05) is 45.9 Å². The van der Waals surface area contributed by atoms with Crippen LogP contribution < -0.4 is 0 Å². The predicted octanol–water partition coefficient (Wildman–Crippen LogP) is 6.46. The molecule has 0 fully saturated rings. The number of aryl methyl sites for hydroxylation is 1. The molecule has 106 valence electrons.